The van der Waals surface area contributed by atoms with Crippen LogP contribution in [0.3, 0.4) is 0 Å². The highest BCUT2D eigenvalue weighted by atomic mass is 31.1. The number of benzene rings is 2. The lowest BCUT2D eigenvalue weighted by atomic mass is 9.97. The van der Waals surface area contributed by atoms with Crippen molar-refractivity contribution in [1.82, 2.24) is 0 Å². The predicted octanol–water partition coefficient (Wildman–Crippen LogP) is 5.57. The van der Waals surface area contributed by atoms with Crippen LogP contribution in [0, 0.1) is 27.7 Å². The lowest BCUT2D eigenvalue weighted by Crippen LogP contribution is -1.87. The van der Waals surface area contributed by atoms with E-state index in [9.17, 15) is 0 Å². The summed E-state index contributed by atoms with van der Waals surface area (Å²) in [6.07, 6.45) is 0. The van der Waals surface area contributed by atoms with E-state index in [4.69, 9.17) is 8.39 Å². The highest BCUT2D eigenvalue weighted by Crippen LogP contribution is 2.33. The first-order valence-corrected chi connectivity index (χ1v) is 7.20. The summed E-state index contributed by atoms with van der Waals surface area (Å²) in [5.74, 6) is 0. The molecule has 0 spiro atoms. The van der Waals surface area contributed by atoms with Crippen LogP contribution in [-0.4, -0.2) is 0 Å². The van der Waals surface area contributed by atoms with Gasteiger partial charge in [0.15, 0.2) is 0 Å². The molecule has 0 N–H and O–H groups in total. The van der Waals surface area contributed by atoms with E-state index in [0.29, 0.717) is 0 Å². The van der Waals surface area contributed by atoms with Gasteiger partial charge in [0, 0.05) is 10.8 Å². The molecule has 0 unspecified atom stereocenters. The summed E-state index contributed by atoms with van der Waals surface area (Å²) in [7, 11) is 0.0151. The molecule has 1 heterocycles. The first kappa shape index (κ1) is 12.4. The summed E-state index contributed by atoms with van der Waals surface area (Å²) >= 11 is 0. The third-order valence-electron chi connectivity index (χ3n) is 3.95. The molecule has 3 aromatic rings. The lowest BCUT2D eigenvalue weighted by Gasteiger charge is -2.07. The topological polar surface area (TPSA) is 26.3 Å². The van der Waals surface area contributed by atoms with Gasteiger partial charge in [-0.2, -0.15) is 0 Å². The largest absolute Gasteiger partial charge is 0.421 e. The lowest BCUT2D eigenvalue weighted by molar-refractivity contribution is 0.662. The molecule has 0 saturated carbocycles. The van der Waals surface area contributed by atoms with Gasteiger partial charge in [0.2, 0.25) is 8.67 Å². The maximum atomic E-state index is 5.77. The van der Waals surface area contributed by atoms with Crippen LogP contribution in [0.4, 0.5) is 0 Å². The number of aryl methyl sites for hydroxylation is 4. The third-order valence-corrected chi connectivity index (χ3v) is 4.55. The smallest absolute Gasteiger partial charge is 0.201 e. The number of fused-ring (bicyclic) bond motifs is 3. The van der Waals surface area contributed by atoms with E-state index in [1.807, 2.05) is 12.1 Å². The molecule has 0 aliphatic rings. The molecule has 3 heteroatoms. The second kappa shape index (κ2) is 4.47. The van der Waals surface area contributed by atoms with Crippen molar-refractivity contribution >= 4 is 30.6 Å². The van der Waals surface area contributed by atoms with E-state index in [1.54, 1.807) is 0 Å². The third kappa shape index (κ3) is 1.87. The van der Waals surface area contributed by atoms with Crippen LogP contribution in [0.15, 0.2) is 32.7 Å². The molecule has 0 atom stereocenters. The number of rotatable bonds is 0. The SMILES string of the molecule is Cc1ccc2o[pH]oc3ccc(C)c(C)c3c2c1C. The Kier molecular flexibility index (Phi) is 2.91. The van der Waals surface area contributed by atoms with Gasteiger partial charge in [0.1, 0.15) is 11.2 Å². The van der Waals surface area contributed by atoms with E-state index < -0.39 is 0 Å². The Morgan fingerprint density at radius 3 is 1.53 bits per heavy atom. The summed E-state index contributed by atoms with van der Waals surface area (Å²) < 4.78 is 11.5. The highest BCUT2D eigenvalue weighted by Gasteiger charge is 2.10. The fourth-order valence-corrected chi connectivity index (χ4v) is 3.05. The van der Waals surface area contributed by atoms with Crippen molar-refractivity contribution in [3.8, 4) is 0 Å². The van der Waals surface area contributed by atoms with Crippen LogP contribution >= 0.6 is 8.67 Å². The second-order valence-corrected chi connectivity index (χ2v) is 5.62. The average molecular weight is 272 g/mol. The normalized spacial score (nSPS) is 11.2. The van der Waals surface area contributed by atoms with Crippen molar-refractivity contribution in [2.24, 2.45) is 0 Å². The van der Waals surface area contributed by atoms with E-state index >= 15 is 0 Å². The molecule has 0 amide bonds. The van der Waals surface area contributed by atoms with Crippen molar-refractivity contribution in [2.75, 3.05) is 0 Å². The van der Waals surface area contributed by atoms with Crippen LogP contribution in [0.1, 0.15) is 22.3 Å². The van der Waals surface area contributed by atoms with Crippen LogP contribution in [-0.2, 0) is 0 Å². The maximum Gasteiger partial charge on any atom is 0.201 e. The fraction of sp³-hybridized carbons (Fsp3) is 0.250. The Hall–Kier alpha value is -1.66. The molecule has 0 fully saturated rings. The van der Waals surface area contributed by atoms with Crippen LogP contribution in [0.25, 0.3) is 21.9 Å². The molecule has 19 heavy (non-hydrogen) atoms. The molecular weight excluding hydrogens is 255 g/mol. The van der Waals surface area contributed by atoms with E-state index in [0.717, 1.165) is 11.2 Å². The number of hydrogen-bond acceptors (Lipinski definition) is 2. The first-order chi connectivity index (χ1) is 9.09. The molecule has 0 saturated heterocycles. The van der Waals surface area contributed by atoms with Gasteiger partial charge in [-0.1, -0.05) is 12.1 Å². The standard InChI is InChI=1S/C16H17O2P/c1-9-5-7-13-15(11(9)3)16-12(4)10(2)6-8-14(16)18-19-17-13/h5-8,19H,1-4H3. The van der Waals surface area contributed by atoms with E-state index in [1.165, 1.54) is 33.0 Å². The molecule has 2 aromatic carbocycles. The van der Waals surface area contributed by atoms with Crippen LogP contribution in [0.5, 0.6) is 0 Å². The minimum Gasteiger partial charge on any atom is -0.421 e. The van der Waals surface area contributed by atoms with Gasteiger partial charge in [-0.25, -0.2) is 0 Å². The van der Waals surface area contributed by atoms with Crippen molar-refractivity contribution in [3.63, 3.8) is 0 Å². The summed E-state index contributed by atoms with van der Waals surface area (Å²) in [5.41, 5.74) is 6.94. The van der Waals surface area contributed by atoms with Crippen molar-refractivity contribution in [3.05, 3.63) is 46.5 Å². The van der Waals surface area contributed by atoms with Crippen molar-refractivity contribution in [2.45, 2.75) is 27.7 Å². The van der Waals surface area contributed by atoms with Gasteiger partial charge in [-0.3, -0.25) is 0 Å². The zero-order chi connectivity index (χ0) is 13.6. The molecular formula is C16H17O2P. The molecule has 0 bridgehead atoms. The fourth-order valence-electron chi connectivity index (χ4n) is 2.48. The molecule has 1 aromatic heterocycles. The molecule has 0 aliphatic carbocycles. The summed E-state index contributed by atoms with van der Waals surface area (Å²) in [4.78, 5) is 0. The van der Waals surface area contributed by atoms with Gasteiger partial charge < -0.3 is 8.39 Å². The predicted molar refractivity (Wildman–Crippen MR) is 82.1 cm³/mol. The second-order valence-electron chi connectivity index (χ2n) is 5.05. The Bertz CT molecular complexity index is 749. The Labute approximate surface area is 114 Å². The van der Waals surface area contributed by atoms with Gasteiger partial charge in [0.05, 0.1) is 0 Å². The molecule has 98 valence electrons. The summed E-state index contributed by atoms with van der Waals surface area (Å²) in [5, 5.41) is 2.36. The molecule has 2 nitrogen and oxygen atoms in total. The minimum atomic E-state index is 0.0151. The quantitative estimate of drug-likeness (QED) is 0.535. The van der Waals surface area contributed by atoms with E-state index in [2.05, 4.69) is 39.8 Å². The monoisotopic (exact) mass is 272 g/mol. The molecule has 0 radical (unpaired) electrons. The summed E-state index contributed by atoms with van der Waals surface area (Å²) in [6.45, 7) is 8.57. The minimum absolute atomic E-state index is 0.0151. The highest BCUT2D eigenvalue weighted by molar-refractivity contribution is 7.15. The van der Waals surface area contributed by atoms with Gasteiger partial charge in [-0.15, -0.1) is 0 Å². The van der Waals surface area contributed by atoms with Gasteiger partial charge in [-0.05, 0) is 62.1 Å². The zero-order valence-electron chi connectivity index (χ0n) is 11.6. The Morgan fingerprint density at radius 1 is 0.684 bits per heavy atom. The first-order valence-electron chi connectivity index (χ1n) is 6.39. The van der Waals surface area contributed by atoms with Crippen molar-refractivity contribution < 1.29 is 8.39 Å². The Balaban J connectivity index is 2.73. The Morgan fingerprint density at radius 2 is 1.11 bits per heavy atom. The molecule has 0 aliphatic heterocycles. The van der Waals surface area contributed by atoms with Crippen LogP contribution in [0.2, 0.25) is 0 Å². The molecule has 3 rings (SSSR count). The maximum absolute atomic E-state index is 5.77. The zero-order valence-corrected chi connectivity index (χ0v) is 12.6. The van der Waals surface area contributed by atoms with Gasteiger partial charge >= 0.3 is 0 Å². The number of hydrogen-bond donors (Lipinski definition) is 0. The summed E-state index contributed by atoms with van der Waals surface area (Å²) in [6, 6.07) is 8.30. The van der Waals surface area contributed by atoms with Gasteiger partial charge in [0.25, 0.3) is 0 Å². The average Bonchev–Trinajstić information content (AvgIpc) is 2.58. The van der Waals surface area contributed by atoms with Crippen LogP contribution < -0.4 is 0 Å². The van der Waals surface area contributed by atoms with E-state index in [-0.39, 0.29) is 8.67 Å². The van der Waals surface area contributed by atoms with Crippen molar-refractivity contribution in [1.29, 1.82) is 0 Å².